The van der Waals surface area contributed by atoms with E-state index in [4.69, 9.17) is 38.3 Å². The highest BCUT2D eigenvalue weighted by molar-refractivity contribution is 6.13. The molecule has 1 saturated carbocycles. The number of carbonyl (C=O) groups is 9. The summed E-state index contributed by atoms with van der Waals surface area (Å²) < 4.78 is 51.5. The van der Waals surface area contributed by atoms with E-state index in [1.165, 1.54) is 30.6 Å². The van der Waals surface area contributed by atoms with Crippen LogP contribution < -0.4 is 0 Å². The highest BCUT2D eigenvalue weighted by atomic mass is 19.1. The fourth-order valence-corrected chi connectivity index (χ4v) is 5.11. The van der Waals surface area contributed by atoms with Gasteiger partial charge in [-0.25, -0.2) is 28.8 Å². The number of halogens is 1. The van der Waals surface area contributed by atoms with Crippen LogP contribution in [0.1, 0.15) is 191 Å². The van der Waals surface area contributed by atoms with E-state index in [2.05, 4.69) is 44.2 Å². The molecule has 0 atom stereocenters. The molecule has 0 bridgehead atoms. The molecule has 0 radical (unpaired) electrons. The van der Waals surface area contributed by atoms with Crippen molar-refractivity contribution in [2.45, 2.75) is 236 Å². The smallest absolute Gasteiger partial charge is 0.367 e. The maximum atomic E-state index is 12.0. The molecular formula is C62H102FNO18. The third-order valence-corrected chi connectivity index (χ3v) is 8.20. The van der Waals surface area contributed by atoms with Gasteiger partial charge in [-0.2, -0.15) is 4.39 Å². The fraction of sp³-hybridized carbons (Fsp3) is 0.629. The summed E-state index contributed by atoms with van der Waals surface area (Å²) in [6.45, 7) is 58.9. The summed E-state index contributed by atoms with van der Waals surface area (Å²) in [6.07, 6.45) is 8.93. The summed E-state index contributed by atoms with van der Waals surface area (Å²) in [7, 11) is 1.51. The number of aliphatic hydroxyl groups excluding tert-OH is 1. The topological polar surface area (TPSA) is 251 Å². The number of hydrogen-bond donors (Lipinski definition) is 1. The Balaban J connectivity index is -0.000000286. The van der Waals surface area contributed by atoms with Crippen LogP contribution in [0.5, 0.6) is 0 Å². The Hall–Kier alpha value is -6.54. The van der Waals surface area contributed by atoms with Gasteiger partial charge in [0.25, 0.3) is 11.8 Å². The molecule has 2 aliphatic rings. The molecule has 2 amide bonds. The molecule has 19 nitrogen and oxygen atoms in total. The lowest BCUT2D eigenvalue weighted by atomic mass is 9.98. The van der Waals surface area contributed by atoms with Crippen LogP contribution in [0.2, 0.25) is 0 Å². The normalized spacial score (nSPS) is 13.2. The van der Waals surface area contributed by atoms with E-state index in [1.54, 1.807) is 69.2 Å². The van der Waals surface area contributed by atoms with Gasteiger partial charge in [-0.3, -0.25) is 19.3 Å². The number of esters is 7. The Morgan fingerprint density at radius 3 is 1.12 bits per heavy atom. The molecule has 0 spiro atoms. The standard InChI is InChI=1S/C15H24O4.C9H16O3.C8H11NO2.C8H14O3.C8H14O2.C7H11FO2.C7H12O2/c1-11(14(17)19-15(2,3)4)10-13(16)18-12-8-6-5-7-9-12;1-7(6-11-5)8(10)12-9(2,3)4;1-8(2,3)9-6(10)4-5-7(9)11;1-6(5-9)7(10)11-8(2,3)4;1-6(2)7(9)10-8(3,4)5;1-5(8)6(9)10-7(2,3)4;1-5-6(8)9-7(2,3)4/h12H,1,5-10H2,2-4H3;1,6H2,2-5H3;4-5H,1-3H3;9H,1,5H2,2-4H3;1H2,2-5H3;1H2,2-4H3;5H,1H2,2-4H3. The zero-order chi connectivity index (χ0) is 66.2. The maximum absolute atomic E-state index is 12.0. The van der Waals surface area contributed by atoms with Gasteiger partial charge in [-0.15, -0.1) is 0 Å². The van der Waals surface area contributed by atoms with Crippen LogP contribution in [0.25, 0.3) is 0 Å². The Morgan fingerprint density at radius 1 is 0.549 bits per heavy atom. The van der Waals surface area contributed by atoms with Gasteiger partial charge in [-0.05, 0) is 178 Å². The number of imide groups is 1. The van der Waals surface area contributed by atoms with Crippen molar-refractivity contribution in [2.75, 3.05) is 20.3 Å². The van der Waals surface area contributed by atoms with E-state index in [1.807, 2.05) is 83.1 Å². The van der Waals surface area contributed by atoms with E-state index in [-0.39, 0.29) is 66.6 Å². The van der Waals surface area contributed by atoms with Crippen molar-refractivity contribution in [1.29, 1.82) is 0 Å². The summed E-state index contributed by atoms with van der Waals surface area (Å²) >= 11 is 0. The van der Waals surface area contributed by atoms with Crippen LogP contribution in [0.15, 0.2) is 85.8 Å². The van der Waals surface area contributed by atoms with Crippen LogP contribution in [0.3, 0.4) is 0 Å². The number of amides is 2. The zero-order valence-electron chi connectivity index (χ0n) is 53.9. The predicted molar refractivity (Wildman–Crippen MR) is 315 cm³/mol. The molecule has 2 rings (SSSR count). The van der Waals surface area contributed by atoms with Gasteiger partial charge in [0, 0.05) is 42.0 Å². The largest absolute Gasteiger partial charge is 0.462 e. The summed E-state index contributed by atoms with van der Waals surface area (Å²) in [5.41, 5.74) is -2.40. The molecular weight excluding hydrogens is 1070 g/mol. The average Bonchev–Trinajstić information content (AvgIpc) is 3.62. The third-order valence-electron chi connectivity index (χ3n) is 8.20. The van der Waals surface area contributed by atoms with Gasteiger partial charge >= 0.3 is 41.8 Å². The number of methoxy groups -OCH3 is 1. The summed E-state index contributed by atoms with van der Waals surface area (Å²) in [5.74, 6) is -5.05. The van der Waals surface area contributed by atoms with E-state index < -0.39 is 68.8 Å². The van der Waals surface area contributed by atoms with Crippen molar-refractivity contribution in [3.8, 4) is 0 Å². The van der Waals surface area contributed by atoms with E-state index in [0.717, 1.165) is 31.8 Å². The lowest BCUT2D eigenvalue weighted by molar-refractivity contribution is -0.155. The highest BCUT2D eigenvalue weighted by Crippen LogP contribution is 2.22. The number of hydrogen-bond acceptors (Lipinski definition) is 18. The molecule has 1 fully saturated rings. The first kappa shape index (κ1) is 84.3. The third kappa shape index (κ3) is 52.8. The molecule has 0 aromatic carbocycles. The molecule has 0 saturated heterocycles. The quantitative estimate of drug-likeness (QED) is 0.0825. The first-order valence-electron chi connectivity index (χ1n) is 26.5. The Labute approximate surface area is 489 Å². The van der Waals surface area contributed by atoms with Gasteiger partial charge in [0.1, 0.15) is 39.7 Å². The highest BCUT2D eigenvalue weighted by Gasteiger charge is 2.33. The second-order valence-electron chi connectivity index (χ2n) is 25.3. The van der Waals surface area contributed by atoms with Crippen molar-refractivity contribution in [1.82, 2.24) is 4.90 Å². The van der Waals surface area contributed by atoms with Gasteiger partial charge < -0.3 is 43.0 Å². The van der Waals surface area contributed by atoms with Crippen molar-refractivity contribution in [3.05, 3.63) is 85.8 Å². The number of rotatable bonds is 12. The Morgan fingerprint density at radius 2 is 0.878 bits per heavy atom. The van der Waals surface area contributed by atoms with E-state index in [9.17, 15) is 47.5 Å². The zero-order valence-corrected chi connectivity index (χ0v) is 53.9. The fourth-order valence-electron chi connectivity index (χ4n) is 5.11. The maximum Gasteiger partial charge on any atom is 0.367 e. The monoisotopic (exact) mass is 1170 g/mol. The minimum atomic E-state index is -1.06. The Bertz CT molecular complexity index is 2160. The number of aliphatic hydroxyl groups is 1. The van der Waals surface area contributed by atoms with E-state index in [0.29, 0.717) is 11.1 Å². The molecule has 0 aromatic rings. The molecule has 0 aromatic heterocycles. The minimum absolute atomic E-state index is 0.00712. The number of nitrogens with zero attached hydrogens (tertiary/aromatic N) is 1. The molecule has 0 unspecified atom stereocenters. The second kappa shape index (κ2) is 38.3. The van der Waals surface area contributed by atoms with Gasteiger partial charge in [0.15, 0.2) is 0 Å². The van der Waals surface area contributed by atoms with Crippen molar-refractivity contribution >= 4 is 53.6 Å². The summed E-state index contributed by atoms with van der Waals surface area (Å²) in [4.78, 5) is 101. The van der Waals surface area contributed by atoms with Crippen LogP contribution in [0.4, 0.5) is 4.39 Å². The lowest BCUT2D eigenvalue weighted by Gasteiger charge is -2.29. The first-order valence-corrected chi connectivity index (χ1v) is 26.5. The van der Waals surface area contributed by atoms with Crippen molar-refractivity contribution < 1.29 is 90.5 Å². The van der Waals surface area contributed by atoms with Crippen LogP contribution in [0, 0.1) is 0 Å². The van der Waals surface area contributed by atoms with Crippen LogP contribution in [-0.2, 0) is 81.0 Å². The summed E-state index contributed by atoms with van der Waals surface area (Å²) in [6, 6.07) is 0. The first-order chi connectivity index (χ1) is 36.5. The molecule has 20 heteroatoms. The molecule has 82 heavy (non-hydrogen) atoms. The number of ether oxygens (including phenoxy) is 8. The molecule has 1 aliphatic heterocycles. The van der Waals surface area contributed by atoms with Crippen LogP contribution >= 0.6 is 0 Å². The minimum Gasteiger partial charge on any atom is -0.462 e. The van der Waals surface area contributed by atoms with Crippen LogP contribution in [-0.4, -0.2) is 129 Å². The van der Waals surface area contributed by atoms with E-state index >= 15 is 0 Å². The molecule has 1 aliphatic carbocycles. The predicted octanol–water partition coefficient (Wildman–Crippen LogP) is 11.5. The van der Waals surface area contributed by atoms with Crippen molar-refractivity contribution in [3.63, 3.8) is 0 Å². The SMILES string of the molecule is C=C(C)C(=O)OC(C)(C)C.C=C(CC(=O)OC1CCCCC1)C(=O)OC(C)(C)C.C=C(CO)C(=O)OC(C)(C)C.C=C(COC)C(=O)OC(C)(C)C.C=C(F)C(=O)OC(C)(C)C.C=CC(=O)OC(C)(C)C.CC(C)(C)N1C(=O)C=CC1=O. The lowest BCUT2D eigenvalue weighted by Crippen LogP contribution is -2.45. The van der Waals surface area contributed by atoms with Gasteiger partial charge in [0.05, 0.1) is 30.8 Å². The molecule has 470 valence electrons. The van der Waals surface area contributed by atoms with Gasteiger partial charge in [0.2, 0.25) is 5.83 Å². The molecule has 1 heterocycles. The average molecular weight is 1170 g/mol. The second-order valence-corrected chi connectivity index (χ2v) is 25.3. The number of carbonyl (C=O) groups excluding carboxylic acids is 9. The van der Waals surface area contributed by atoms with Crippen molar-refractivity contribution in [2.24, 2.45) is 0 Å². The molecule has 1 N–H and O–H groups in total. The Kier molecular flexibility index (Phi) is 39.3. The van der Waals surface area contributed by atoms with Gasteiger partial charge in [-0.1, -0.05) is 45.9 Å². The summed E-state index contributed by atoms with van der Waals surface area (Å²) in [5, 5.41) is 8.50.